The van der Waals surface area contributed by atoms with Crippen molar-refractivity contribution in [3.05, 3.63) is 58.4 Å². The van der Waals surface area contributed by atoms with Crippen LogP contribution in [0.2, 0.25) is 0 Å². The standard InChI is InChI=1S/C26H30F2N4/c1-15-18(8-7-9-19(15)24(27)28)16(2)29-25-20-12-21-23(13-22(20)30-17(3)31-25)32(4)14-26(21)10-5-6-11-26/h7-9,12-13,16,24H,5-6,10-11,14H2,1-4H3,(H,29,30,31). The van der Waals surface area contributed by atoms with Gasteiger partial charge in [0.2, 0.25) is 0 Å². The van der Waals surface area contributed by atoms with Crippen LogP contribution in [0.3, 0.4) is 0 Å². The Hall–Kier alpha value is -2.76. The van der Waals surface area contributed by atoms with E-state index in [0.29, 0.717) is 11.4 Å². The minimum atomic E-state index is -2.48. The van der Waals surface area contributed by atoms with Crippen LogP contribution >= 0.6 is 0 Å². The number of benzene rings is 2. The third-order valence-corrected chi connectivity index (χ3v) is 7.48. The Morgan fingerprint density at radius 3 is 2.50 bits per heavy atom. The van der Waals surface area contributed by atoms with Gasteiger partial charge in [-0.2, -0.15) is 0 Å². The number of fused-ring (bicyclic) bond motifs is 3. The lowest BCUT2D eigenvalue weighted by molar-refractivity contribution is 0.150. The van der Waals surface area contributed by atoms with Crippen LogP contribution in [0.1, 0.15) is 73.2 Å². The van der Waals surface area contributed by atoms with Crippen LogP contribution in [0.15, 0.2) is 30.3 Å². The Morgan fingerprint density at radius 1 is 1.06 bits per heavy atom. The van der Waals surface area contributed by atoms with Crippen molar-refractivity contribution in [2.24, 2.45) is 0 Å². The highest BCUT2D eigenvalue weighted by atomic mass is 19.3. The predicted octanol–water partition coefficient (Wildman–Crippen LogP) is 6.62. The Kier molecular flexibility index (Phi) is 5.06. The van der Waals surface area contributed by atoms with E-state index in [1.54, 1.807) is 13.0 Å². The Balaban J connectivity index is 1.59. The van der Waals surface area contributed by atoms with E-state index in [2.05, 4.69) is 29.4 Å². The molecule has 2 heterocycles. The Morgan fingerprint density at radius 2 is 1.78 bits per heavy atom. The highest BCUT2D eigenvalue weighted by Crippen LogP contribution is 2.51. The molecular formula is C26H30F2N4. The summed E-state index contributed by atoms with van der Waals surface area (Å²) in [5.41, 5.74) is 5.41. The number of likely N-dealkylation sites (N-methyl/N-ethyl adjacent to an activating group) is 1. The number of halogens is 2. The Bertz CT molecular complexity index is 1180. The van der Waals surface area contributed by atoms with Crippen molar-refractivity contribution in [3.8, 4) is 0 Å². The quantitative estimate of drug-likeness (QED) is 0.499. The molecule has 32 heavy (non-hydrogen) atoms. The van der Waals surface area contributed by atoms with Gasteiger partial charge in [0.05, 0.1) is 11.6 Å². The minimum Gasteiger partial charge on any atom is -0.373 e. The maximum Gasteiger partial charge on any atom is 0.264 e. The number of anilines is 2. The molecule has 1 fully saturated rings. The van der Waals surface area contributed by atoms with Crippen molar-refractivity contribution >= 4 is 22.4 Å². The molecule has 0 radical (unpaired) electrons. The number of aryl methyl sites for hydroxylation is 1. The zero-order chi connectivity index (χ0) is 22.6. The van der Waals surface area contributed by atoms with E-state index in [1.165, 1.54) is 43.0 Å². The van der Waals surface area contributed by atoms with E-state index in [9.17, 15) is 8.78 Å². The van der Waals surface area contributed by atoms with Crippen LogP contribution in [0.4, 0.5) is 20.3 Å². The summed E-state index contributed by atoms with van der Waals surface area (Å²) in [6.45, 7) is 6.72. The van der Waals surface area contributed by atoms with Gasteiger partial charge in [-0.3, -0.25) is 0 Å². The fraction of sp³-hybridized carbons (Fsp3) is 0.462. The molecule has 1 spiro atoms. The van der Waals surface area contributed by atoms with Gasteiger partial charge >= 0.3 is 0 Å². The molecule has 1 unspecified atom stereocenters. The molecule has 0 saturated heterocycles. The third kappa shape index (κ3) is 3.31. The lowest BCUT2D eigenvalue weighted by Crippen LogP contribution is -2.28. The number of hydrogen-bond acceptors (Lipinski definition) is 4. The van der Waals surface area contributed by atoms with Crippen molar-refractivity contribution in [2.45, 2.75) is 64.3 Å². The van der Waals surface area contributed by atoms with Gasteiger partial charge in [0, 0.05) is 35.6 Å². The molecule has 1 aromatic heterocycles. The first-order chi connectivity index (χ1) is 15.3. The van der Waals surface area contributed by atoms with Crippen molar-refractivity contribution in [2.75, 3.05) is 23.8 Å². The molecule has 3 aromatic rings. The molecule has 1 aliphatic carbocycles. The lowest BCUT2D eigenvalue weighted by atomic mass is 9.80. The van der Waals surface area contributed by atoms with E-state index in [1.807, 2.05) is 19.9 Å². The second-order valence-electron chi connectivity index (χ2n) is 9.58. The van der Waals surface area contributed by atoms with E-state index < -0.39 is 6.43 Å². The Labute approximate surface area is 188 Å². The summed E-state index contributed by atoms with van der Waals surface area (Å²) in [7, 11) is 2.17. The van der Waals surface area contributed by atoms with Crippen LogP contribution in [-0.4, -0.2) is 23.6 Å². The van der Waals surface area contributed by atoms with E-state index in [-0.39, 0.29) is 17.0 Å². The van der Waals surface area contributed by atoms with Crippen LogP contribution in [0.25, 0.3) is 10.9 Å². The first-order valence-electron chi connectivity index (χ1n) is 11.5. The number of nitrogens with one attached hydrogen (secondary N) is 1. The maximum atomic E-state index is 13.4. The zero-order valence-corrected chi connectivity index (χ0v) is 19.2. The van der Waals surface area contributed by atoms with E-state index in [0.717, 1.165) is 28.8 Å². The van der Waals surface area contributed by atoms with Crippen molar-refractivity contribution in [3.63, 3.8) is 0 Å². The largest absolute Gasteiger partial charge is 0.373 e. The third-order valence-electron chi connectivity index (χ3n) is 7.48. The topological polar surface area (TPSA) is 41.1 Å². The highest BCUT2D eigenvalue weighted by Gasteiger charge is 2.43. The van der Waals surface area contributed by atoms with Gasteiger partial charge in [0.1, 0.15) is 11.6 Å². The maximum absolute atomic E-state index is 13.4. The number of hydrogen-bond donors (Lipinski definition) is 1. The number of alkyl halides is 2. The van der Waals surface area contributed by atoms with Gasteiger partial charge in [-0.15, -0.1) is 0 Å². The average molecular weight is 437 g/mol. The molecule has 1 aliphatic heterocycles. The SMILES string of the molecule is Cc1nc(NC(C)c2cccc(C(F)F)c2C)c2cc3c(cc2n1)N(C)CC31CCCC1. The normalized spacial score (nSPS) is 18.0. The minimum absolute atomic E-state index is 0.0870. The zero-order valence-electron chi connectivity index (χ0n) is 19.2. The predicted molar refractivity (Wildman–Crippen MR) is 126 cm³/mol. The van der Waals surface area contributed by atoms with Gasteiger partial charge < -0.3 is 10.2 Å². The van der Waals surface area contributed by atoms with E-state index >= 15 is 0 Å². The van der Waals surface area contributed by atoms with Crippen LogP contribution in [0, 0.1) is 13.8 Å². The van der Waals surface area contributed by atoms with Gasteiger partial charge in [-0.25, -0.2) is 18.7 Å². The molecule has 5 rings (SSSR count). The molecule has 1 saturated carbocycles. The van der Waals surface area contributed by atoms with Crippen molar-refractivity contribution < 1.29 is 8.78 Å². The van der Waals surface area contributed by atoms with Crippen LogP contribution in [0.5, 0.6) is 0 Å². The summed E-state index contributed by atoms with van der Waals surface area (Å²) in [5.74, 6) is 1.47. The molecule has 1 N–H and O–H groups in total. The second-order valence-corrected chi connectivity index (χ2v) is 9.58. The average Bonchev–Trinajstić information content (AvgIpc) is 3.31. The molecule has 168 valence electrons. The molecule has 2 aliphatic rings. The summed E-state index contributed by atoms with van der Waals surface area (Å²) < 4.78 is 26.8. The van der Waals surface area contributed by atoms with Gasteiger partial charge in [-0.1, -0.05) is 31.0 Å². The number of aromatic nitrogens is 2. The fourth-order valence-electron chi connectivity index (χ4n) is 5.90. The van der Waals surface area contributed by atoms with Crippen LogP contribution < -0.4 is 10.2 Å². The first kappa shape index (κ1) is 21.1. The van der Waals surface area contributed by atoms with Crippen molar-refractivity contribution in [1.29, 1.82) is 0 Å². The smallest absolute Gasteiger partial charge is 0.264 e. The molecule has 4 nitrogen and oxygen atoms in total. The first-order valence-corrected chi connectivity index (χ1v) is 11.5. The van der Waals surface area contributed by atoms with E-state index in [4.69, 9.17) is 9.97 Å². The highest BCUT2D eigenvalue weighted by molar-refractivity contribution is 5.94. The molecule has 2 aromatic carbocycles. The summed E-state index contributed by atoms with van der Waals surface area (Å²) in [5, 5.41) is 4.53. The number of nitrogens with zero attached hydrogens (tertiary/aromatic N) is 3. The van der Waals surface area contributed by atoms with Crippen molar-refractivity contribution in [1.82, 2.24) is 9.97 Å². The summed E-state index contributed by atoms with van der Waals surface area (Å²) >= 11 is 0. The monoisotopic (exact) mass is 436 g/mol. The second kappa shape index (κ2) is 7.68. The summed E-state index contributed by atoms with van der Waals surface area (Å²) in [4.78, 5) is 11.8. The summed E-state index contributed by atoms with van der Waals surface area (Å²) in [6, 6.07) is 9.44. The molecule has 0 bridgehead atoms. The molecule has 0 amide bonds. The lowest BCUT2D eigenvalue weighted by Gasteiger charge is -2.24. The molecule has 6 heteroatoms. The van der Waals surface area contributed by atoms with Crippen LogP contribution in [-0.2, 0) is 5.41 Å². The van der Waals surface area contributed by atoms with Gasteiger partial charge in [0.15, 0.2) is 0 Å². The van der Waals surface area contributed by atoms with Gasteiger partial charge in [-0.05, 0) is 62.4 Å². The fourth-order valence-corrected chi connectivity index (χ4v) is 5.90. The summed E-state index contributed by atoms with van der Waals surface area (Å²) in [6.07, 6.45) is 2.52. The van der Waals surface area contributed by atoms with Gasteiger partial charge in [0.25, 0.3) is 6.43 Å². The molecule has 1 atom stereocenters. The molecular weight excluding hydrogens is 406 g/mol. The number of rotatable bonds is 4.